The molecule has 2 N–H and O–H groups in total. The Bertz CT molecular complexity index is 798. The van der Waals surface area contributed by atoms with Crippen molar-refractivity contribution in [1.82, 2.24) is 14.9 Å². The van der Waals surface area contributed by atoms with E-state index in [9.17, 15) is 23.3 Å². The number of carbonyl (C=O) groups excluding carboxylic acids is 1. The minimum Gasteiger partial charge on any atom is -0.353 e. The monoisotopic (exact) mass is 418 g/mol. The predicted molar refractivity (Wildman–Crippen MR) is 101 cm³/mol. The Morgan fingerprint density at radius 3 is 2.78 bits per heavy atom. The smallest absolute Gasteiger partial charge is 0.270 e. The summed E-state index contributed by atoms with van der Waals surface area (Å²) >= 11 is 0. The summed E-state index contributed by atoms with van der Waals surface area (Å²) < 4.78 is 26.9. The van der Waals surface area contributed by atoms with Crippen LogP contribution in [0, 0.1) is 10.1 Å². The van der Waals surface area contributed by atoms with Crippen molar-refractivity contribution in [2.45, 2.75) is 42.7 Å². The van der Waals surface area contributed by atoms with Crippen molar-refractivity contribution in [3.05, 3.63) is 34.4 Å². The zero-order valence-corrected chi connectivity index (χ0v) is 16.3. The van der Waals surface area contributed by atoms with Crippen molar-refractivity contribution < 1.29 is 18.1 Å². The zero-order valence-electron chi connectivity index (χ0n) is 14.7. The molecular formula is C16H23ClN4O5S. The van der Waals surface area contributed by atoms with Crippen LogP contribution in [-0.4, -0.2) is 55.3 Å². The fourth-order valence-electron chi connectivity index (χ4n) is 3.46. The number of carbonyl (C=O) groups is 1. The molecule has 0 aliphatic carbocycles. The number of nitro benzene ring substituents is 1. The van der Waals surface area contributed by atoms with E-state index in [0.717, 1.165) is 29.8 Å². The highest BCUT2D eigenvalue weighted by atomic mass is 35.5. The molecule has 1 aromatic carbocycles. The molecule has 2 saturated heterocycles. The second-order valence-corrected chi connectivity index (χ2v) is 8.46. The Balaban J connectivity index is 0.00000261. The van der Waals surface area contributed by atoms with E-state index in [1.54, 1.807) is 0 Å². The van der Waals surface area contributed by atoms with Gasteiger partial charge in [0.15, 0.2) is 0 Å². The Morgan fingerprint density at radius 1 is 1.33 bits per heavy atom. The fraction of sp³-hybridized carbons (Fsp3) is 0.562. The van der Waals surface area contributed by atoms with Crippen molar-refractivity contribution in [3.63, 3.8) is 0 Å². The van der Waals surface area contributed by atoms with E-state index in [4.69, 9.17) is 0 Å². The topological polar surface area (TPSA) is 122 Å². The summed E-state index contributed by atoms with van der Waals surface area (Å²) in [6, 6.07) is 4.37. The van der Waals surface area contributed by atoms with Crippen molar-refractivity contribution >= 4 is 34.0 Å². The molecule has 0 bridgehead atoms. The van der Waals surface area contributed by atoms with Crippen LogP contribution in [-0.2, 0) is 14.8 Å². The summed E-state index contributed by atoms with van der Waals surface area (Å²) in [5.41, 5.74) is -0.293. The van der Waals surface area contributed by atoms with Crippen LogP contribution in [0.1, 0.15) is 25.7 Å². The molecule has 2 aliphatic heterocycles. The van der Waals surface area contributed by atoms with Crippen LogP contribution < -0.4 is 10.6 Å². The number of sulfonamides is 1. The van der Waals surface area contributed by atoms with Crippen LogP contribution in [0.25, 0.3) is 0 Å². The van der Waals surface area contributed by atoms with Crippen molar-refractivity contribution in [2.24, 2.45) is 0 Å². The number of nitro groups is 1. The van der Waals surface area contributed by atoms with Gasteiger partial charge < -0.3 is 10.6 Å². The molecule has 0 aromatic heterocycles. The van der Waals surface area contributed by atoms with Gasteiger partial charge in [-0.25, -0.2) is 8.42 Å². The molecule has 11 heteroatoms. The SMILES string of the molecule is Cl.O=C(NCC1CCCN1)C1CCCN1S(=O)(=O)c1cccc([N+](=O)[O-])c1. The van der Waals surface area contributed by atoms with Crippen molar-refractivity contribution in [1.29, 1.82) is 0 Å². The van der Waals surface area contributed by atoms with Gasteiger partial charge in [-0.2, -0.15) is 4.31 Å². The number of amides is 1. The quantitative estimate of drug-likeness (QED) is 0.525. The summed E-state index contributed by atoms with van der Waals surface area (Å²) in [4.78, 5) is 22.6. The lowest BCUT2D eigenvalue weighted by Gasteiger charge is -2.24. The number of non-ortho nitro benzene ring substituents is 1. The van der Waals surface area contributed by atoms with E-state index < -0.39 is 21.0 Å². The van der Waals surface area contributed by atoms with Crippen LogP contribution in [0.5, 0.6) is 0 Å². The molecule has 2 heterocycles. The number of rotatable bonds is 6. The highest BCUT2D eigenvalue weighted by molar-refractivity contribution is 7.89. The highest BCUT2D eigenvalue weighted by Gasteiger charge is 2.39. The zero-order chi connectivity index (χ0) is 18.7. The van der Waals surface area contributed by atoms with Crippen molar-refractivity contribution in [2.75, 3.05) is 19.6 Å². The van der Waals surface area contributed by atoms with Crippen molar-refractivity contribution in [3.8, 4) is 0 Å². The Hall–Kier alpha value is -1.75. The van der Waals surface area contributed by atoms with Gasteiger partial charge >= 0.3 is 0 Å². The number of hydrogen-bond acceptors (Lipinski definition) is 6. The van der Waals surface area contributed by atoms with Gasteiger partial charge in [0.05, 0.1) is 9.82 Å². The lowest BCUT2D eigenvalue weighted by molar-refractivity contribution is -0.385. The summed E-state index contributed by atoms with van der Waals surface area (Å²) in [5.74, 6) is -0.315. The van der Waals surface area contributed by atoms with E-state index in [2.05, 4.69) is 10.6 Å². The van der Waals surface area contributed by atoms with Gasteiger partial charge in [0.2, 0.25) is 15.9 Å². The minimum absolute atomic E-state index is 0. The molecule has 0 saturated carbocycles. The predicted octanol–water partition coefficient (Wildman–Crippen LogP) is 1.04. The summed E-state index contributed by atoms with van der Waals surface area (Å²) in [7, 11) is -3.97. The molecule has 9 nitrogen and oxygen atoms in total. The molecule has 1 aromatic rings. The van der Waals surface area contributed by atoms with Gasteiger partial charge in [0.25, 0.3) is 5.69 Å². The van der Waals surface area contributed by atoms with Gasteiger partial charge in [-0.1, -0.05) is 6.07 Å². The molecule has 2 atom stereocenters. The van der Waals surface area contributed by atoms with Gasteiger partial charge in [-0.15, -0.1) is 12.4 Å². The van der Waals surface area contributed by atoms with Gasteiger partial charge in [0.1, 0.15) is 6.04 Å². The molecule has 2 fully saturated rings. The average molecular weight is 419 g/mol. The first-order valence-electron chi connectivity index (χ1n) is 8.67. The Morgan fingerprint density at radius 2 is 2.11 bits per heavy atom. The number of nitrogens with one attached hydrogen (secondary N) is 2. The second-order valence-electron chi connectivity index (χ2n) is 6.57. The Labute approximate surface area is 164 Å². The number of hydrogen-bond donors (Lipinski definition) is 2. The maximum atomic E-state index is 12.9. The molecule has 0 radical (unpaired) electrons. The standard InChI is InChI=1S/C16H22N4O5S.ClH/c21-16(18-11-12-4-2-8-17-12)15-7-3-9-19(15)26(24,25)14-6-1-5-13(10-14)20(22)23;/h1,5-6,10,12,15,17H,2-4,7-9,11H2,(H,18,21);1H. The first-order valence-corrected chi connectivity index (χ1v) is 10.1. The minimum atomic E-state index is -3.97. The molecule has 3 rings (SSSR count). The lowest BCUT2D eigenvalue weighted by atomic mass is 10.2. The second kappa shape index (κ2) is 8.96. The van der Waals surface area contributed by atoms with Gasteiger partial charge in [0, 0.05) is 31.3 Å². The molecular weight excluding hydrogens is 396 g/mol. The van der Waals surface area contributed by atoms with E-state index >= 15 is 0 Å². The average Bonchev–Trinajstić information content (AvgIpc) is 3.31. The summed E-state index contributed by atoms with van der Waals surface area (Å²) in [5, 5.41) is 17.0. The van der Waals surface area contributed by atoms with Crippen LogP contribution in [0.2, 0.25) is 0 Å². The van der Waals surface area contributed by atoms with E-state index in [-0.39, 0.29) is 41.5 Å². The van der Waals surface area contributed by atoms with Crippen LogP contribution in [0.3, 0.4) is 0 Å². The fourth-order valence-corrected chi connectivity index (χ4v) is 5.15. The van der Waals surface area contributed by atoms with Gasteiger partial charge in [-0.3, -0.25) is 14.9 Å². The first-order chi connectivity index (χ1) is 12.4. The summed E-state index contributed by atoms with van der Waals surface area (Å²) in [6.07, 6.45) is 3.07. The van der Waals surface area contributed by atoms with E-state index in [1.807, 2.05) is 0 Å². The number of benzene rings is 1. The third-order valence-corrected chi connectivity index (χ3v) is 6.73. The molecule has 27 heavy (non-hydrogen) atoms. The van der Waals surface area contributed by atoms with Crippen LogP contribution in [0.15, 0.2) is 29.2 Å². The third-order valence-electron chi connectivity index (χ3n) is 4.83. The molecule has 150 valence electrons. The molecule has 2 unspecified atom stereocenters. The van der Waals surface area contributed by atoms with Crippen LogP contribution in [0.4, 0.5) is 5.69 Å². The van der Waals surface area contributed by atoms with Gasteiger partial charge in [-0.05, 0) is 38.3 Å². The van der Waals surface area contributed by atoms with Crippen LogP contribution >= 0.6 is 12.4 Å². The normalized spacial score (nSPS) is 23.0. The largest absolute Gasteiger partial charge is 0.353 e. The lowest BCUT2D eigenvalue weighted by Crippen LogP contribution is -2.48. The maximum absolute atomic E-state index is 12.9. The number of halogens is 1. The molecule has 0 spiro atoms. The summed E-state index contributed by atoms with van der Waals surface area (Å²) in [6.45, 7) is 1.63. The Kier molecular flexibility index (Phi) is 7.15. The first kappa shape index (κ1) is 21.5. The van der Waals surface area contributed by atoms with E-state index in [0.29, 0.717) is 19.4 Å². The number of nitrogens with zero attached hydrogens (tertiary/aromatic N) is 2. The molecule has 1 amide bonds. The molecule has 2 aliphatic rings. The maximum Gasteiger partial charge on any atom is 0.270 e. The third kappa shape index (κ3) is 4.75. The van der Waals surface area contributed by atoms with E-state index in [1.165, 1.54) is 18.2 Å². The highest BCUT2D eigenvalue weighted by Crippen LogP contribution is 2.28.